The molecule has 0 aliphatic rings. The molecule has 0 aromatic carbocycles. The standard InChI is InChI=1S/C44H54N16O7/c1-26-12-9-14-45-36(26)42(65)54-34-25-60(8)38(53-34)44(67)49-28-19-31(57(5)22-28)39(62)46-15-10-13-35(61)51-33-24-59(7)37(52-33)43(66)50-29-20-32(58(6)23-29)41(64)48-27-18-30(56(4)21-27)40(63)47-16-11-17-55(2)3/h9,12,14,18-25H,10-11,13,15-17H2,1-8H3,(H,46,62)(H,47,63)(H,48,64)(H,49,67)(H,50,66)(H,51,61)(H,54,65). The fourth-order valence-electron chi connectivity index (χ4n) is 6.95. The largest absolute Gasteiger partial charge is 0.351 e. The molecule has 0 aliphatic carbocycles. The van der Waals surface area contributed by atoms with Gasteiger partial charge in [0.05, 0.1) is 17.1 Å². The van der Waals surface area contributed by atoms with Crippen LogP contribution in [0.25, 0.3) is 0 Å². The minimum Gasteiger partial charge on any atom is -0.351 e. The van der Waals surface area contributed by atoms with Crippen LogP contribution in [0.15, 0.2) is 67.5 Å². The molecule has 0 saturated heterocycles. The first-order chi connectivity index (χ1) is 31.9. The summed E-state index contributed by atoms with van der Waals surface area (Å²) in [6.07, 6.45) is 10.4. The van der Waals surface area contributed by atoms with E-state index in [1.165, 1.54) is 39.9 Å². The van der Waals surface area contributed by atoms with Crippen molar-refractivity contribution in [1.82, 2.24) is 53.3 Å². The Balaban J connectivity index is 0.934. The topological polar surface area (TPSA) is 270 Å². The molecule has 7 N–H and O–H groups in total. The number of carbonyl (C=O) groups excluding carboxylic acids is 7. The molecular weight excluding hydrogens is 865 g/mol. The lowest BCUT2D eigenvalue weighted by molar-refractivity contribution is -0.116. The van der Waals surface area contributed by atoms with E-state index in [4.69, 9.17) is 0 Å². The van der Waals surface area contributed by atoms with Crippen LogP contribution in [0, 0.1) is 6.92 Å². The number of pyridine rings is 1. The summed E-state index contributed by atoms with van der Waals surface area (Å²) in [4.78, 5) is 105. The molecule has 0 spiro atoms. The molecule has 6 rings (SSSR count). The summed E-state index contributed by atoms with van der Waals surface area (Å²) in [6, 6.07) is 8.07. The van der Waals surface area contributed by atoms with Gasteiger partial charge in [0.1, 0.15) is 22.8 Å². The maximum Gasteiger partial charge on any atom is 0.291 e. The number of amides is 7. The highest BCUT2D eigenvalue weighted by atomic mass is 16.2. The summed E-state index contributed by atoms with van der Waals surface area (Å²) in [6.45, 7) is 3.27. The Bertz CT molecular complexity index is 2840. The van der Waals surface area contributed by atoms with Crippen LogP contribution in [0.4, 0.5) is 28.7 Å². The van der Waals surface area contributed by atoms with Crippen molar-refractivity contribution in [2.75, 3.05) is 60.3 Å². The van der Waals surface area contributed by atoms with E-state index < -0.39 is 35.4 Å². The Kier molecular flexibility index (Phi) is 15.2. The van der Waals surface area contributed by atoms with Crippen LogP contribution in [0.1, 0.15) is 88.0 Å². The molecule has 0 radical (unpaired) electrons. The summed E-state index contributed by atoms with van der Waals surface area (Å²) < 4.78 is 7.62. The van der Waals surface area contributed by atoms with Gasteiger partial charge < -0.3 is 65.0 Å². The lowest BCUT2D eigenvalue weighted by Crippen LogP contribution is -2.28. The van der Waals surface area contributed by atoms with Crippen LogP contribution >= 0.6 is 0 Å². The van der Waals surface area contributed by atoms with Gasteiger partial charge in [-0.05, 0) is 70.2 Å². The molecule has 6 aromatic heterocycles. The van der Waals surface area contributed by atoms with Gasteiger partial charge in [0.25, 0.3) is 35.4 Å². The maximum absolute atomic E-state index is 13.2. The molecule has 7 amide bonds. The highest BCUT2D eigenvalue weighted by Crippen LogP contribution is 2.20. The number of imidazole rings is 2. The van der Waals surface area contributed by atoms with Gasteiger partial charge in [-0.2, -0.15) is 0 Å². The zero-order valence-corrected chi connectivity index (χ0v) is 38.5. The lowest BCUT2D eigenvalue weighted by Gasteiger charge is -2.10. The van der Waals surface area contributed by atoms with Crippen LogP contribution in [0.2, 0.25) is 0 Å². The van der Waals surface area contributed by atoms with Crippen molar-refractivity contribution in [3.8, 4) is 0 Å². The molecule has 67 heavy (non-hydrogen) atoms. The Labute approximate surface area is 385 Å². The zero-order valence-electron chi connectivity index (χ0n) is 38.5. The van der Waals surface area contributed by atoms with Crippen LogP contribution < -0.4 is 37.2 Å². The SMILES string of the molecule is Cc1cccnc1C(=O)Nc1cn(C)c(C(=O)Nc2cc(C(=O)NCCCC(=O)Nc3cn(C)c(C(=O)Nc4cc(C(=O)Nc5cc(C(=O)NCCCN(C)C)n(C)c5)n(C)c4)n3)n(C)c2)n1. The lowest BCUT2D eigenvalue weighted by atomic mass is 10.2. The van der Waals surface area contributed by atoms with Gasteiger partial charge in [0.15, 0.2) is 11.6 Å². The fourth-order valence-corrected chi connectivity index (χ4v) is 6.95. The molecule has 23 nitrogen and oxygen atoms in total. The number of hydrogen-bond acceptors (Lipinski definition) is 11. The Morgan fingerprint density at radius 1 is 0.552 bits per heavy atom. The number of carbonyl (C=O) groups is 7. The maximum atomic E-state index is 13.2. The van der Waals surface area contributed by atoms with E-state index in [0.29, 0.717) is 34.9 Å². The van der Waals surface area contributed by atoms with E-state index >= 15 is 0 Å². The second kappa shape index (κ2) is 21.1. The smallest absolute Gasteiger partial charge is 0.291 e. The average Bonchev–Trinajstić information content (AvgIpc) is 4.09. The molecule has 23 heteroatoms. The molecule has 0 bridgehead atoms. The van der Waals surface area contributed by atoms with E-state index in [2.05, 4.69) is 52.2 Å². The molecule has 6 aromatic rings. The molecular formula is C44H54N16O7. The van der Waals surface area contributed by atoms with E-state index in [-0.39, 0.29) is 65.7 Å². The fraction of sp³-hybridized carbons (Fsp3) is 0.318. The third-order valence-corrected chi connectivity index (χ3v) is 10.3. The summed E-state index contributed by atoms with van der Waals surface area (Å²) in [5.41, 5.74) is 2.90. The van der Waals surface area contributed by atoms with E-state index in [0.717, 1.165) is 13.0 Å². The number of nitrogens with zero attached hydrogens (tertiary/aromatic N) is 9. The molecule has 6 heterocycles. The minimum atomic E-state index is -0.584. The first-order valence-corrected chi connectivity index (χ1v) is 21.1. The van der Waals surface area contributed by atoms with Gasteiger partial charge in [-0.25, -0.2) is 9.97 Å². The van der Waals surface area contributed by atoms with Crippen molar-refractivity contribution in [2.24, 2.45) is 35.2 Å². The number of hydrogen-bond donors (Lipinski definition) is 7. The predicted octanol–water partition coefficient (Wildman–Crippen LogP) is 2.71. The highest BCUT2D eigenvalue weighted by Gasteiger charge is 2.22. The number of aryl methyl sites for hydroxylation is 6. The van der Waals surface area contributed by atoms with Crippen molar-refractivity contribution < 1.29 is 33.6 Å². The van der Waals surface area contributed by atoms with E-state index in [1.807, 2.05) is 19.0 Å². The van der Waals surface area contributed by atoms with Crippen molar-refractivity contribution in [3.05, 3.63) is 108 Å². The number of anilines is 5. The zero-order chi connectivity index (χ0) is 48.5. The molecule has 352 valence electrons. The Morgan fingerprint density at radius 3 is 1.51 bits per heavy atom. The summed E-state index contributed by atoms with van der Waals surface area (Å²) in [5, 5.41) is 19.2. The number of aromatic nitrogens is 8. The molecule has 0 unspecified atom stereocenters. The average molecular weight is 919 g/mol. The molecule has 0 aliphatic heterocycles. The van der Waals surface area contributed by atoms with Gasteiger partial charge in [-0.1, -0.05) is 6.07 Å². The highest BCUT2D eigenvalue weighted by molar-refractivity contribution is 6.08. The van der Waals surface area contributed by atoms with Gasteiger partial charge in [0, 0.05) is 91.9 Å². The number of nitrogens with one attached hydrogen (secondary N) is 7. The number of rotatable bonds is 19. The van der Waals surface area contributed by atoms with Gasteiger partial charge in [0.2, 0.25) is 17.6 Å². The van der Waals surface area contributed by atoms with Crippen LogP contribution in [-0.2, 0) is 40.0 Å². The Morgan fingerprint density at radius 2 is 1.01 bits per heavy atom. The summed E-state index contributed by atoms with van der Waals surface area (Å²) in [7, 11) is 12.1. The van der Waals surface area contributed by atoms with Crippen molar-refractivity contribution in [2.45, 2.75) is 26.2 Å². The molecule has 0 saturated carbocycles. The minimum absolute atomic E-state index is 0.00261. The normalized spacial score (nSPS) is 11.0. The van der Waals surface area contributed by atoms with E-state index in [1.54, 1.807) is 92.7 Å². The van der Waals surface area contributed by atoms with Gasteiger partial charge in [-0.3, -0.25) is 38.5 Å². The van der Waals surface area contributed by atoms with Crippen molar-refractivity contribution in [3.63, 3.8) is 0 Å². The second-order valence-corrected chi connectivity index (χ2v) is 16.1. The Hall–Kier alpha value is -8.34. The molecule has 0 fully saturated rings. The van der Waals surface area contributed by atoms with Crippen LogP contribution in [-0.4, -0.2) is 118 Å². The summed E-state index contributed by atoms with van der Waals surface area (Å²) in [5.74, 6) is -2.83. The monoisotopic (exact) mass is 918 g/mol. The van der Waals surface area contributed by atoms with Gasteiger partial charge >= 0.3 is 0 Å². The van der Waals surface area contributed by atoms with Crippen molar-refractivity contribution in [1.29, 1.82) is 0 Å². The third-order valence-electron chi connectivity index (χ3n) is 10.3. The first kappa shape index (κ1) is 48.1. The van der Waals surface area contributed by atoms with Crippen LogP contribution in [0.5, 0.6) is 0 Å². The molecule has 0 atom stereocenters. The van der Waals surface area contributed by atoms with Gasteiger partial charge in [-0.15, -0.1) is 0 Å². The van der Waals surface area contributed by atoms with Crippen molar-refractivity contribution >= 4 is 70.0 Å². The quantitative estimate of drug-likeness (QED) is 0.0581. The predicted molar refractivity (Wildman–Crippen MR) is 249 cm³/mol. The third kappa shape index (κ3) is 12.3. The van der Waals surface area contributed by atoms with E-state index in [9.17, 15) is 33.6 Å². The first-order valence-electron chi connectivity index (χ1n) is 21.1. The second-order valence-electron chi connectivity index (χ2n) is 16.1. The summed E-state index contributed by atoms with van der Waals surface area (Å²) >= 11 is 0. The van der Waals surface area contributed by atoms with Crippen LogP contribution in [0.3, 0.4) is 0 Å².